The van der Waals surface area contributed by atoms with Gasteiger partial charge in [0.1, 0.15) is 6.42 Å². The van der Waals surface area contributed by atoms with Crippen LogP contribution in [-0.2, 0) is 9.59 Å². The summed E-state index contributed by atoms with van der Waals surface area (Å²) < 4.78 is 0. The quantitative estimate of drug-likeness (QED) is 0.595. The second-order valence-corrected chi connectivity index (χ2v) is 2.40. The molecule has 0 aromatic rings. The van der Waals surface area contributed by atoms with E-state index in [9.17, 15) is 9.59 Å². The fourth-order valence-corrected chi connectivity index (χ4v) is 0.467. The van der Waals surface area contributed by atoms with Crippen LogP contribution in [0.3, 0.4) is 0 Å². The third-order valence-electron chi connectivity index (χ3n) is 1.18. The molecule has 0 fully saturated rings. The molecule has 0 rings (SSSR count). The molecule has 0 aliphatic heterocycles. The standard InChI is InChI=1S/C7H11N3O2/c1-10(2)7(12)5-9-6(11)3-4-8/h3,5H2,1-2H3,(H,9,11). The smallest absolute Gasteiger partial charge is 0.241 e. The Balaban J connectivity index is 3.63. The molecule has 0 aromatic carbocycles. The lowest BCUT2D eigenvalue weighted by Gasteiger charge is -2.09. The number of amides is 2. The highest BCUT2D eigenvalue weighted by molar-refractivity contribution is 5.85. The fraction of sp³-hybridized carbons (Fsp3) is 0.571. The SMILES string of the molecule is CN(C)C(=O)CNC(=O)CC#N. The van der Waals surface area contributed by atoms with Crippen LogP contribution in [0.5, 0.6) is 0 Å². The second kappa shape index (κ2) is 5.13. The predicted molar refractivity (Wildman–Crippen MR) is 41.9 cm³/mol. The van der Waals surface area contributed by atoms with E-state index in [-0.39, 0.29) is 18.9 Å². The Morgan fingerprint density at radius 2 is 2.08 bits per heavy atom. The second-order valence-electron chi connectivity index (χ2n) is 2.40. The summed E-state index contributed by atoms with van der Waals surface area (Å²) in [7, 11) is 3.19. The van der Waals surface area contributed by atoms with Gasteiger partial charge in [-0.2, -0.15) is 5.26 Å². The maximum atomic E-state index is 10.9. The van der Waals surface area contributed by atoms with Crippen LogP contribution in [0, 0.1) is 11.3 Å². The number of hydrogen-bond acceptors (Lipinski definition) is 3. The molecule has 12 heavy (non-hydrogen) atoms. The molecule has 0 bridgehead atoms. The number of nitrogens with zero attached hydrogens (tertiary/aromatic N) is 2. The molecule has 5 nitrogen and oxygen atoms in total. The lowest BCUT2D eigenvalue weighted by atomic mass is 10.4. The maximum Gasteiger partial charge on any atom is 0.241 e. The van der Waals surface area contributed by atoms with Crippen LogP contribution < -0.4 is 5.32 Å². The van der Waals surface area contributed by atoms with Gasteiger partial charge in [0.2, 0.25) is 11.8 Å². The molecular weight excluding hydrogens is 158 g/mol. The zero-order chi connectivity index (χ0) is 9.56. The van der Waals surface area contributed by atoms with Crippen molar-refractivity contribution in [1.82, 2.24) is 10.2 Å². The van der Waals surface area contributed by atoms with Crippen LogP contribution in [0.1, 0.15) is 6.42 Å². The van der Waals surface area contributed by atoms with Crippen LogP contribution in [0.4, 0.5) is 0 Å². The third-order valence-corrected chi connectivity index (χ3v) is 1.18. The number of nitriles is 1. The molecule has 0 atom stereocenters. The van der Waals surface area contributed by atoms with Gasteiger partial charge in [-0.05, 0) is 0 Å². The summed E-state index contributed by atoms with van der Waals surface area (Å²) in [4.78, 5) is 22.9. The molecule has 0 saturated carbocycles. The first kappa shape index (κ1) is 10.4. The lowest BCUT2D eigenvalue weighted by molar-refractivity contribution is -0.130. The van der Waals surface area contributed by atoms with Crippen molar-refractivity contribution < 1.29 is 9.59 Å². The van der Waals surface area contributed by atoms with Crippen LogP contribution in [0.25, 0.3) is 0 Å². The minimum atomic E-state index is -0.423. The number of rotatable bonds is 3. The molecule has 0 heterocycles. The van der Waals surface area contributed by atoms with Crippen molar-refractivity contribution in [2.45, 2.75) is 6.42 Å². The van der Waals surface area contributed by atoms with E-state index in [0.29, 0.717) is 0 Å². The van der Waals surface area contributed by atoms with Gasteiger partial charge in [0.15, 0.2) is 0 Å². The molecule has 5 heteroatoms. The van der Waals surface area contributed by atoms with Crippen molar-refractivity contribution in [2.75, 3.05) is 20.6 Å². The summed E-state index contributed by atoms with van der Waals surface area (Å²) in [5.74, 6) is -0.617. The molecule has 0 aliphatic rings. The van der Waals surface area contributed by atoms with Crippen LogP contribution in [-0.4, -0.2) is 37.4 Å². The van der Waals surface area contributed by atoms with Gasteiger partial charge in [-0.25, -0.2) is 0 Å². The minimum Gasteiger partial charge on any atom is -0.347 e. The van der Waals surface area contributed by atoms with Crippen molar-refractivity contribution in [3.8, 4) is 6.07 Å². The third kappa shape index (κ3) is 4.28. The van der Waals surface area contributed by atoms with E-state index in [2.05, 4.69) is 5.32 Å². The van der Waals surface area contributed by atoms with Gasteiger partial charge in [-0.15, -0.1) is 0 Å². The first-order valence-corrected chi connectivity index (χ1v) is 3.41. The van der Waals surface area contributed by atoms with E-state index >= 15 is 0 Å². The number of hydrogen-bond donors (Lipinski definition) is 1. The molecule has 0 radical (unpaired) electrons. The van der Waals surface area contributed by atoms with Crippen molar-refractivity contribution in [2.24, 2.45) is 0 Å². The molecule has 66 valence electrons. The summed E-state index contributed by atoms with van der Waals surface area (Å²) in [5, 5.41) is 10.4. The minimum absolute atomic E-state index is 0.0481. The maximum absolute atomic E-state index is 10.9. The van der Waals surface area contributed by atoms with E-state index < -0.39 is 5.91 Å². The first-order valence-electron chi connectivity index (χ1n) is 3.41. The van der Waals surface area contributed by atoms with Gasteiger partial charge in [0.25, 0.3) is 0 Å². The average Bonchev–Trinajstić information content (AvgIpc) is 2.00. The van der Waals surface area contributed by atoms with Gasteiger partial charge < -0.3 is 10.2 Å². The summed E-state index contributed by atoms with van der Waals surface area (Å²) in [5.41, 5.74) is 0. The highest BCUT2D eigenvalue weighted by Crippen LogP contribution is 1.78. The first-order chi connectivity index (χ1) is 5.57. The zero-order valence-corrected chi connectivity index (χ0v) is 7.13. The number of nitrogens with one attached hydrogen (secondary N) is 1. The van der Waals surface area contributed by atoms with E-state index in [1.54, 1.807) is 20.2 Å². The van der Waals surface area contributed by atoms with Crippen molar-refractivity contribution >= 4 is 11.8 Å². The topological polar surface area (TPSA) is 73.2 Å². The Kier molecular flexibility index (Phi) is 4.46. The van der Waals surface area contributed by atoms with Gasteiger partial charge in [-0.3, -0.25) is 9.59 Å². The van der Waals surface area contributed by atoms with E-state index in [0.717, 1.165) is 0 Å². The van der Waals surface area contributed by atoms with Crippen molar-refractivity contribution in [3.05, 3.63) is 0 Å². The number of likely N-dealkylation sites (N-methyl/N-ethyl adjacent to an activating group) is 1. The Morgan fingerprint density at radius 3 is 2.50 bits per heavy atom. The van der Waals surface area contributed by atoms with Crippen molar-refractivity contribution in [3.63, 3.8) is 0 Å². The normalized spacial score (nSPS) is 8.42. The summed E-state index contributed by atoms with van der Waals surface area (Å²) in [6.45, 7) is -0.0481. The lowest BCUT2D eigenvalue weighted by Crippen LogP contribution is -2.35. The molecule has 0 aliphatic carbocycles. The Labute approximate surface area is 71.0 Å². The summed E-state index contributed by atoms with van der Waals surface area (Å²) in [6.07, 6.45) is -0.208. The van der Waals surface area contributed by atoms with Gasteiger partial charge in [0, 0.05) is 14.1 Å². The largest absolute Gasteiger partial charge is 0.347 e. The van der Waals surface area contributed by atoms with Gasteiger partial charge in [-0.1, -0.05) is 0 Å². The molecule has 0 unspecified atom stereocenters. The number of carbonyl (C=O) groups excluding carboxylic acids is 2. The van der Waals surface area contributed by atoms with Gasteiger partial charge >= 0.3 is 0 Å². The molecule has 0 spiro atoms. The highest BCUT2D eigenvalue weighted by atomic mass is 16.2. The predicted octanol–water partition coefficient (Wildman–Crippen LogP) is -0.896. The average molecular weight is 169 g/mol. The van der Waals surface area contributed by atoms with Gasteiger partial charge in [0.05, 0.1) is 12.6 Å². The summed E-state index contributed by atoms with van der Waals surface area (Å²) >= 11 is 0. The van der Waals surface area contributed by atoms with Crippen LogP contribution in [0.2, 0.25) is 0 Å². The fourth-order valence-electron chi connectivity index (χ4n) is 0.467. The zero-order valence-electron chi connectivity index (χ0n) is 7.13. The molecule has 1 N–H and O–H groups in total. The highest BCUT2D eigenvalue weighted by Gasteiger charge is 2.05. The van der Waals surface area contributed by atoms with E-state index in [4.69, 9.17) is 5.26 Å². The van der Waals surface area contributed by atoms with Crippen molar-refractivity contribution in [1.29, 1.82) is 5.26 Å². The monoisotopic (exact) mass is 169 g/mol. The molecular formula is C7H11N3O2. The Bertz CT molecular complexity index is 217. The van der Waals surface area contributed by atoms with Crippen LogP contribution >= 0.6 is 0 Å². The van der Waals surface area contributed by atoms with E-state index in [1.807, 2.05) is 0 Å². The van der Waals surface area contributed by atoms with Crippen LogP contribution in [0.15, 0.2) is 0 Å². The Hall–Kier alpha value is -1.57. The number of carbonyl (C=O) groups is 2. The summed E-state index contributed by atoms with van der Waals surface area (Å²) in [6, 6.07) is 1.68. The van der Waals surface area contributed by atoms with E-state index in [1.165, 1.54) is 4.90 Å². The molecule has 0 saturated heterocycles. The Morgan fingerprint density at radius 1 is 1.50 bits per heavy atom. The molecule has 2 amide bonds. The molecule has 0 aromatic heterocycles.